The molecular formula is C18H17N3. The Kier molecular flexibility index (Phi) is 2.78. The fourth-order valence-corrected chi connectivity index (χ4v) is 2.88. The Bertz CT molecular complexity index is 770. The fraction of sp³-hybridized carbons (Fsp3) is 0.167. The number of fused-ring (bicyclic) bond motifs is 1. The lowest BCUT2D eigenvalue weighted by Gasteiger charge is -2.06. The van der Waals surface area contributed by atoms with Crippen LogP contribution in [-0.2, 0) is 6.42 Å². The number of hydrogen-bond donors (Lipinski definition) is 1. The van der Waals surface area contributed by atoms with Gasteiger partial charge in [-0.3, -0.25) is 0 Å². The first-order valence-electron chi connectivity index (χ1n) is 7.31. The highest BCUT2D eigenvalue weighted by Gasteiger charge is 2.23. The van der Waals surface area contributed by atoms with Crippen molar-refractivity contribution >= 4 is 5.82 Å². The first kappa shape index (κ1) is 12.2. The van der Waals surface area contributed by atoms with Gasteiger partial charge < -0.3 is 5.32 Å². The molecule has 0 bridgehead atoms. The Morgan fingerprint density at radius 2 is 1.76 bits per heavy atom. The second-order valence-electron chi connectivity index (χ2n) is 5.47. The van der Waals surface area contributed by atoms with Gasteiger partial charge in [-0.15, -0.1) is 0 Å². The predicted molar refractivity (Wildman–Crippen MR) is 85.9 cm³/mol. The average Bonchev–Trinajstić information content (AvgIpc) is 3.11. The van der Waals surface area contributed by atoms with Crippen molar-refractivity contribution in [3.63, 3.8) is 0 Å². The third-order valence-electron chi connectivity index (χ3n) is 3.98. The van der Waals surface area contributed by atoms with E-state index in [0.717, 1.165) is 30.2 Å². The van der Waals surface area contributed by atoms with Gasteiger partial charge in [-0.25, -0.2) is 4.68 Å². The summed E-state index contributed by atoms with van der Waals surface area (Å²) >= 11 is 0. The third-order valence-corrected chi connectivity index (χ3v) is 3.98. The van der Waals surface area contributed by atoms with Gasteiger partial charge in [0.2, 0.25) is 0 Å². The quantitative estimate of drug-likeness (QED) is 0.770. The molecule has 0 saturated carbocycles. The summed E-state index contributed by atoms with van der Waals surface area (Å²) in [4.78, 5) is 0. The summed E-state index contributed by atoms with van der Waals surface area (Å²) in [7, 11) is 0. The van der Waals surface area contributed by atoms with Crippen molar-refractivity contribution in [1.29, 1.82) is 0 Å². The zero-order valence-corrected chi connectivity index (χ0v) is 12.0. The summed E-state index contributed by atoms with van der Waals surface area (Å²) < 4.78 is 2.03. The lowest BCUT2D eigenvalue weighted by molar-refractivity contribution is 0.882. The molecule has 2 heterocycles. The fourth-order valence-electron chi connectivity index (χ4n) is 2.88. The van der Waals surface area contributed by atoms with Gasteiger partial charge in [0.1, 0.15) is 5.82 Å². The van der Waals surface area contributed by atoms with Crippen LogP contribution in [0.3, 0.4) is 0 Å². The molecule has 0 aliphatic carbocycles. The smallest absolute Gasteiger partial charge is 0.133 e. The van der Waals surface area contributed by atoms with E-state index in [1.807, 2.05) is 10.7 Å². The summed E-state index contributed by atoms with van der Waals surface area (Å²) in [6, 6.07) is 18.9. The van der Waals surface area contributed by atoms with Crippen molar-refractivity contribution in [2.45, 2.75) is 13.3 Å². The van der Waals surface area contributed by atoms with Crippen LogP contribution in [0.4, 0.5) is 5.82 Å². The van der Waals surface area contributed by atoms with Crippen LogP contribution in [0.5, 0.6) is 0 Å². The molecule has 0 unspecified atom stereocenters. The highest BCUT2D eigenvalue weighted by molar-refractivity contribution is 5.72. The zero-order valence-electron chi connectivity index (χ0n) is 12.0. The van der Waals surface area contributed by atoms with Crippen molar-refractivity contribution < 1.29 is 0 Å². The normalized spacial score (nSPS) is 13.0. The molecule has 3 nitrogen and oxygen atoms in total. The molecule has 0 spiro atoms. The maximum Gasteiger partial charge on any atom is 0.133 e. The minimum Gasteiger partial charge on any atom is -0.369 e. The zero-order chi connectivity index (χ0) is 14.2. The van der Waals surface area contributed by atoms with E-state index in [2.05, 4.69) is 60.8 Å². The van der Waals surface area contributed by atoms with Crippen LogP contribution in [0.25, 0.3) is 16.9 Å². The molecule has 3 aromatic rings. The molecule has 1 aromatic heterocycles. The molecule has 104 valence electrons. The SMILES string of the molecule is Cc1ccc(-n2nc(-c3ccccc3)c3c2NCC3)cc1. The van der Waals surface area contributed by atoms with Gasteiger partial charge in [0.25, 0.3) is 0 Å². The van der Waals surface area contributed by atoms with Crippen molar-refractivity contribution in [3.05, 3.63) is 65.7 Å². The minimum atomic E-state index is 0.985. The van der Waals surface area contributed by atoms with Crippen LogP contribution in [0.2, 0.25) is 0 Å². The number of benzene rings is 2. The Hall–Kier alpha value is -2.55. The van der Waals surface area contributed by atoms with E-state index in [0.29, 0.717) is 0 Å². The van der Waals surface area contributed by atoms with Crippen molar-refractivity contribution in [1.82, 2.24) is 9.78 Å². The molecule has 0 amide bonds. The molecule has 3 heteroatoms. The van der Waals surface area contributed by atoms with Gasteiger partial charge in [0.15, 0.2) is 0 Å². The van der Waals surface area contributed by atoms with Crippen LogP contribution in [0.15, 0.2) is 54.6 Å². The number of aromatic nitrogens is 2. The number of aryl methyl sites for hydroxylation is 1. The van der Waals surface area contributed by atoms with Gasteiger partial charge in [-0.1, -0.05) is 48.0 Å². The van der Waals surface area contributed by atoms with E-state index < -0.39 is 0 Å². The van der Waals surface area contributed by atoms with Gasteiger partial charge in [-0.05, 0) is 25.5 Å². The Morgan fingerprint density at radius 3 is 2.52 bits per heavy atom. The van der Waals surface area contributed by atoms with Crippen LogP contribution < -0.4 is 5.32 Å². The lowest BCUT2D eigenvalue weighted by Crippen LogP contribution is -2.04. The van der Waals surface area contributed by atoms with Crippen LogP contribution in [0.1, 0.15) is 11.1 Å². The van der Waals surface area contributed by atoms with E-state index >= 15 is 0 Å². The van der Waals surface area contributed by atoms with Gasteiger partial charge in [-0.2, -0.15) is 5.10 Å². The largest absolute Gasteiger partial charge is 0.369 e. The van der Waals surface area contributed by atoms with Gasteiger partial charge in [0, 0.05) is 17.7 Å². The molecule has 0 fully saturated rings. The summed E-state index contributed by atoms with van der Waals surface area (Å²) in [5.74, 6) is 1.14. The average molecular weight is 275 g/mol. The molecule has 0 saturated heterocycles. The monoisotopic (exact) mass is 275 g/mol. The molecule has 0 atom stereocenters. The second kappa shape index (κ2) is 4.77. The van der Waals surface area contributed by atoms with E-state index in [1.54, 1.807) is 0 Å². The van der Waals surface area contributed by atoms with Gasteiger partial charge in [0.05, 0.1) is 11.4 Å². The number of nitrogens with zero attached hydrogens (tertiary/aromatic N) is 2. The Labute approximate surface area is 124 Å². The Morgan fingerprint density at radius 1 is 1.00 bits per heavy atom. The summed E-state index contributed by atoms with van der Waals surface area (Å²) in [5.41, 5.74) is 5.97. The van der Waals surface area contributed by atoms with Crippen molar-refractivity contribution in [3.8, 4) is 16.9 Å². The summed E-state index contributed by atoms with van der Waals surface area (Å²) in [6.07, 6.45) is 1.03. The van der Waals surface area contributed by atoms with Crippen LogP contribution in [-0.4, -0.2) is 16.3 Å². The number of hydrogen-bond acceptors (Lipinski definition) is 2. The molecule has 1 aliphatic heterocycles. The number of nitrogens with one attached hydrogen (secondary N) is 1. The standard InChI is InChI=1S/C18H17N3/c1-13-7-9-15(10-8-13)21-18-16(11-12-19-18)17(20-21)14-5-3-2-4-6-14/h2-10,19H,11-12H2,1H3. The van der Waals surface area contributed by atoms with Crippen molar-refractivity contribution in [2.75, 3.05) is 11.9 Å². The lowest BCUT2D eigenvalue weighted by atomic mass is 10.1. The topological polar surface area (TPSA) is 29.9 Å². The minimum absolute atomic E-state index is 0.985. The predicted octanol–water partition coefficient (Wildman–Crippen LogP) is 3.82. The van der Waals surface area contributed by atoms with E-state index in [4.69, 9.17) is 5.10 Å². The first-order chi connectivity index (χ1) is 10.3. The summed E-state index contributed by atoms with van der Waals surface area (Å²) in [5, 5.41) is 8.33. The number of anilines is 1. The molecule has 21 heavy (non-hydrogen) atoms. The van der Waals surface area contributed by atoms with E-state index in [1.165, 1.54) is 16.7 Å². The first-order valence-corrected chi connectivity index (χ1v) is 7.31. The van der Waals surface area contributed by atoms with Gasteiger partial charge >= 0.3 is 0 Å². The highest BCUT2D eigenvalue weighted by Crippen LogP contribution is 2.34. The van der Waals surface area contributed by atoms with E-state index in [9.17, 15) is 0 Å². The third kappa shape index (κ3) is 2.02. The second-order valence-corrected chi connectivity index (χ2v) is 5.47. The van der Waals surface area contributed by atoms with Crippen LogP contribution in [0, 0.1) is 6.92 Å². The maximum atomic E-state index is 4.86. The Balaban J connectivity index is 1.88. The highest BCUT2D eigenvalue weighted by atomic mass is 15.3. The van der Waals surface area contributed by atoms with Crippen molar-refractivity contribution in [2.24, 2.45) is 0 Å². The molecule has 1 N–H and O–H groups in total. The molecule has 0 radical (unpaired) electrons. The molecule has 2 aromatic carbocycles. The number of rotatable bonds is 2. The van der Waals surface area contributed by atoms with E-state index in [-0.39, 0.29) is 0 Å². The van der Waals surface area contributed by atoms with Crippen LogP contribution >= 0.6 is 0 Å². The summed E-state index contributed by atoms with van der Waals surface area (Å²) in [6.45, 7) is 3.09. The molecule has 1 aliphatic rings. The molecule has 4 rings (SSSR count). The maximum absolute atomic E-state index is 4.86. The molecular weight excluding hydrogens is 258 g/mol.